The van der Waals surface area contributed by atoms with Gasteiger partial charge >= 0.3 is 11.9 Å². The van der Waals surface area contributed by atoms with E-state index in [0.717, 1.165) is 53.6 Å². The number of pyridine rings is 1. The van der Waals surface area contributed by atoms with Crippen molar-refractivity contribution in [2.45, 2.75) is 57.6 Å². The lowest BCUT2D eigenvalue weighted by Crippen LogP contribution is -2.55. The van der Waals surface area contributed by atoms with E-state index in [1.165, 1.54) is 12.8 Å². The summed E-state index contributed by atoms with van der Waals surface area (Å²) in [6.45, 7) is 4.55. The second-order valence-corrected chi connectivity index (χ2v) is 8.88. The Morgan fingerprint density at radius 1 is 1.21 bits per heavy atom. The van der Waals surface area contributed by atoms with Crippen molar-refractivity contribution in [1.82, 2.24) is 9.88 Å². The number of hydrogen-bond acceptors (Lipinski definition) is 6. The van der Waals surface area contributed by atoms with Gasteiger partial charge in [0, 0.05) is 37.0 Å². The summed E-state index contributed by atoms with van der Waals surface area (Å²) in [4.78, 5) is 26.5. The van der Waals surface area contributed by atoms with E-state index in [1.54, 1.807) is 13.3 Å². The fraction of sp³-hybridized carbons (Fsp3) is 0.560. The topological polar surface area (TPSA) is 120 Å². The van der Waals surface area contributed by atoms with Gasteiger partial charge in [0.25, 0.3) is 0 Å². The third kappa shape index (κ3) is 6.21. The summed E-state index contributed by atoms with van der Waals surface area (Å²) in [6, 6.07) is 8.07. The van der Waals surface area contributed by atoms with E-state index >= 15 is 0 Å². The molecule has 0 saturated carbocycles. The molecule has 5 atom stereocenters. The molecule has 180 valence electrons. The summed E-state index contributed by atoms with van der Waals surface area (Å²) in [5.74, 6) is 0.478. The van der Waals surface area contributed by atoms with Gasteiger partial charge in [-0.3, -0.25) is 19.5 Å². The number of benzene rings is 1. The van der Waals surface area contributed by atoms with Gasteiger partial charge in [0.05, 0.1) is 18.7 Å². The molecule has 0 radical (unpaired) electrons. The lowest BCUT2D eigenvalue weighted by molar-refractivity contribution is -0.138. The van der Waals surface area contributed by atoms with Crippen LogP contribution in [0.3, 0.4) is 0 Å². The Hall–Kier alpha value is -2.71. The van der Waals surface area contributed by atoms with Gasteiger partial charge in [-0.2, -0.15) is 0 Å². The molecule has 0 aliphatic carbocycles. The van der Waals surface area contributed by atoms with Crippen molar-refractivity contribution < 1.29 is 29.6 Å². The second-order valence-electron chi connectivity index (χ2n) is 8.88. The predicted octanol–water partition coefficient (Wildman–Crippen LogP) is 3.72. The molecule has 1 unspecified atom stereocenters. The van der Waals surface area contributed by atoms with Crippen LogP contribution >= 0.6 is 0 Å². The highest BCUT2D eigenvalue weighted by molar-refractivity contribution is 5.84. The highest BCUT2D eigenvalue weighted by atomic mass is 16.5. The Labute approximate surface area is 194 Å². The highest BCUT2D eigenvalue weighted by Gasteiger charge is 2.42. The number of aromatic nitrogens is 1. The second kappa shape index (κ2) is 11.4. The van der Waals surface area contributed by atoms with E-state index in [-0.39, 0.29) is 25.3 Å². The van der Waals surface area contributed by atoms with Crippen LogP contribution in [-0.2, 0) is 9.59 Å². The minimum Gasteiger partial charge on any atom is -0.497 e. The van der Waals surface area contributed by atoms with Gasteiger partial charge in [0.15, 0.2) is 0 Å². The number of nitrogens with zero attached hydrogens (tertiary/aromatic N) is 2. The highest BCUT2D eigenvalue weighted by Crippen LogP contribution is 2.42. The van der Waals surface area contributed by atoms with Gasteiger partial charge < -0.3 is 20.1 Å². The molecule has 0 spiro atoms. The molecule has 4 heterocycles. The van der Waals surface area contributed by atoms with Crippen LogP contribution in [0.1, 0.15) is 57.1 Å². The lowest BCUT2D eigenvalue weighted by atomic mass is 9.72. The zero-order valence-corrected chi connectivity index (χ0v) is 19.3. The number of piperidine rings is 3. The monoisotopic (exact) mass is 458 g/mol. The normalized spacial score (nSPS) is 24.6. The van der Waals surface area contributed by atoms with Crippen LogP contribution in [0.15, 0.2) is 30.5 Å². The Kier molecular flexibility index (Phi) is 8.63. The lowest BCUT2D eigenvalue weighted by Gasteiger charge is -2.51. The third-order valence-corrected chi connectivity index (χ3v) is 6.91. The summed E-state index contributed by atoms with van der Waals surface area (Å²) in [6.07, 6.45) is 5.06. The molecule has 3 fully saturated rings. The molecule has 3 N–H and O–H groups in total. The van der Waals surface area contributed by atoms with Crippen molar-refractivity contribution in [1.29, 1.82) is 0 Å². The fourth-order valence-corrected chi connectivity index (χ4v) is 5.10. The number of ether oxygens (including phenoxy) is 1. The van der Waals surface area contributed by atoms with E-state index in [0.29, 0.717) is 0 Å². The molecule has 2 bridgehead atoms. The Morgan fingerprint density at radius 3 is 2.52 bits per heavy atom. The van der Waals surface area contributed by atoms with Crippen LogP contribution in [0.2, 0.25) is 0 Å². The Bertz CT molecular complexity index is 951. The average molecular weight is 459 g/mol. The standard InChI is InChI=1S/C20H26N2O2.C5H8O4/c1-3-13-12-22-9-7-14(13)10-19(22)20(23)16-6-8-21-18-5-4-15(24-2)11-17(16)18;6-4(7)2-1-3-5(8)9/h4-6,8,11,13-14,19-20,23H,3,7,9-10,12H2,1-2H3;1-3H2,(H,6,7)(H,8,9)/t13-,14-,19+,20-;/m0./s1. The van der Waals surface area contributed by atoms with Crippen molar-refractivity contribution in [2.75, 3.05) is 20.2 Å². The van der Waals surface area contributed by atoms with Crippen LogP contribution in [-0.4, -0.2) is 63.4 Å². The minimum atomic E-state index is -0.948. The van der Waals surface area contributed by atoms with E-state index in [9.17, 15) is 14.7 Å². The van der Waals surface area contributed by atoms with Gasteiger partial charge in [0.1, 0.15) is 5.75 Å². The minimum absolute atomic E-state index is 0.0632. The zero-order valence-electron chi connectivity index (χ0n) is 19.3. The molecule has 5 rings (SSSR count). The van der Waals surface area contributed by atoms with Crippen molar-refractivity contribution in [3.63, 3.8) is 0 Å². The molecule has 3 saturated heterocycles. The van der Waals surface area contributed by atoms with Crippen molar-refractivity contribution in [2.24, 2.45) is 11.8 Å². The van der Waals surface area contributed by atoms with Crippen molar-refractivity contribution in [3.05, 3.63) is 36.0 Å². The number of carboxylic acids is 2. The molecule has 3 aliphatic rings. The summed E-state index contributed by atoms with van der Waals surface area (Å²) in [5, 5.41) is 28.2. The van der Waals surface area contributed by atoms with Gasteiger partial charge in [-0.25, -0.2) is 0 Å². The van der Waals surface area contributed by atoms with Crippen LogP contribution in [0.5, 0.6) is 5.75 Å². The van der Waals surface area contributed by atoms with Gasteiger partial charge in [-0.1, -0.05) is 13.3 Å². The molecule has 2 aromatic rings. The number of hydrogen-bond donors (Lipinski definition) is 3. The van der Waals surface area contributed by atoms with Crippen molar-refractivity contribution in [3.8, 4) is 5.75 Å². The maximum Gasteiger partial charge on any atom is 0.303 e. The Balaban J connectivity index is 0.000000292. The number of rotatable bonds is 8. The molecule has 8 nitrogen and oxygen atoms in total. The van der Waals surface area contributed by atoms with Gasteiger partial charge in [-0.15, -0.1) is 0 Å². The maximum absolute atomic E-state index is 11.2. The zero-order chi connectivity index (χ0) is 24.0. The molecular formula is C25H34N2O6. The number of aliphatic carboxylic acids is 2. The van der Waals surface area contributed by atoms with E-state index in [4.69, 9.17) is 14.9 Å². The smallest absolute Gasteiger partial charge is 0.303 e. The number of carboxylic acid groups (broad SMARTS) is 2. The summed E-state index contributed by atoms with van der Waals surface area (Å²) < 4.78 is 5.36. The largest absolute Gasteiger partial charge is 0.497 e. The molecule has 1 aromatic carbocycles. The van der Waals surface area contributed by atoms with Crippen molar-refractivity contribution >= 4 is 22.8 Å². The summed E-state index contributed by atoms with van der Waals surface area (Å²) in [7, 11) is 1.67. The first-order chi connectivity index (χ1) is 15.8. The maximum atomic E-state index is 11.2. The van der Waals surface area contributed by atoms with E-state index in [1.807, 2.05) is 24.3 Å². The number of methoxy groups -OCH3 is 1. The molecule has 1 aromatic heterocycles. The van der Waals surface area contributed by atoms with Crippen LogP contribution in [0.25, 0.3) is 10.9 Å². The molecule has 0 amide bonds. The van der Waals surface area contributed by atoms with Gasteiger partial charge in [-0.05, 0) is 67.5 Å². The first-order valence-electron chi connectivity index (χ1n) is 11.6. The number of aliphatic hydroxyl groups is 1. The molecular weight excluding hydrogens is 424 g/mol. The van der Waals surface area contributed by atoms with Crippen LogP contribution < -0.4 is 4.74 Å². The molecule has 8 heteroatoms. The predicted molar refractivity (Wildman–Crippen MR) is 124 cm³/mol. The number of carbonyl (C=O) groups is 2. The molecule has 33 heavy (non-hydrogen) atoms. The van der Waals surface area contributed by atoms with Gasteiger partial charge in [0.2, 0.25) is 0 Å². The first kappa shape index (κ1) is 24.9. The van der Waals surface area contributed by atoms with Crippen LogP contribution in [0.4, 0.5) is 0 Å². The first-order valence-corrected chi connectivity index (χ1v) is 11.6. The third-order valence-electron chi connectivity index (χ3n) is 6.91. The Morgan fingerprint density at radius 2 is 1.94 bits per heavy atom. The SMILES string of the molecule is CC[C@H]1CN2CC[C@H]1C[C@@H]2[C@@H](O)c1ccnc2ccc(OC)cc12.O=C(O)CCCC(=O)O. The average Bonchev–Trinajstić information content (AvgIpc) is 2.82. The fourth-order valence-electron chi connectivity index (χ4n) is 5.10. The quantitative estimate of drug-likeness (QED) is 0.547. The summed E-state index contributed by atoms with van der Waals surface area (Å²) >= 11 is 0. The number of fused-ring (bicyclic) bond motifs is 4. The van der Waals surface area contributed by atoms with Crippen LogP contribution in [0, 0.1) is 11.8 Å². The summed E-state index contributed by atoms with van der Waals surface area (Å²) in [5.41, 5.74) is 1.89. The van der Waals surface area contributed by atoms with E-state index < -0.39 is 18.0 Å². The van der Waals surface area contributed by atoms with E-state index in [2.05, 4.69) is 16.8 Å². The number of aliphatic hydroxyl groups excluding tert-OH is 1. The molecule has 3 aliphatic heterocycles.